The highest BCUT2D eigenvalue weighted by Gasteiger charge is 2.55. The molecule has 0 unspecified atom stereocenters. The fraction of sp³-hybridized carbons (Fsp3) is 0.577. The quantitative estimate of drug-likeness (QED) is 0.277. The first-order valence-electron chi connectivity index (χ1n) is 11.2. The number of fused-ring (bicyclic) bond motifs is 5. The number of carbonyl (C=O) groups is 3. The third kappa shape index (κ3) is 2.91. The van der Waals surface area contributed by atoms with Crippen molar-refractivity contribution in [1.29, 1.82) is 0 Å². The molecule has 0 saturated heterocycles. The zero-order chi connectivity index (χ0) is 21.8. The number of aldehydes is 1. The summed E-state index contributed by atoms with van der Waals surface area (Å²) in [5.74, 6) is 1.23. The second-order valence-electron chi connectivity index (χ2n) is 10.1. The summed E-state index contributed by atoms with van der Waals surface area (Å²) in [7, 11) is 0. The Morgan fingerprint density at radius 3 is 2.60 bits per heavy atom. The van der Waals surface area contributed by atoms with Crippen LogP contribution in [0.3, 0.4) is 0 Å². The van der Waals surface area contributed by atoms with Crippen molar-refractivity contribution in [3.8, 4) is 0 Å². The highest BCUT2D eigenvalue weighted by Crippen LogP contribution is 2.65. The van der Waals surface area contributed by atoms with E-state index in [1.165, 1.54) is 17.2 Å². The van der Waals surface area contributed by atoms with Crippen molar-refractivity contribution in [2.75, 3.05) is 0 Å². The van der Waals surface area contributed by atoms with Gasteiger partial charge in [0, 0.05) is 11.0 Å². The van der Waals surface area contributed by atoms with Gasteiger partial charge in [-0.1, -0.05) is 38.0 Å². The Balaban J connectivity index is 1.73. The number of hydrogen-bond acceptors (Lipinski definition) is 4. The molecule has 4 heteroatoms. The summed E-state index contributed by atoms with van der Waals surface area (Å²) in [6, 6.07) is 0. The van der Waals surface area contributed by atoms with E-state index in [-0.39, 0.29) is 23.1 Å². The highest BCUT2D eigenvalue weighted by molar-refractivity contribution is 6.06. The van der Waals surface area contributed by atoms with Gasteiger partial charge in [-0.05, 0) is 80.9 Å². The third-order valence-electron chi connectivity index (χ3n) is 8.26. The second-order valence-corrected chi connectivity index (χ2v) is 10.1. The minimum Gasteiger partial charge on any atom is -0.431 e. The molecule has 0 heterocycles. The molecule has 0 aliphatic heterocycles. The molecule has 2 fully saturated rings. The van der Waals surface area contributed by atoms with E-state index in [0.717, 1.165) is 49.7 Å². The molecule has 4 nitrogen and oxygen atoms in total. The van der Waals surface area contributed by atoms with Gasteiger partial charge < -0.3 is 4.74 Å². The van der Waals surface area contributed by atoms with Gasteiger partial charge in [0.1, 0.15) is 12.0 Å². The molecule has 30 heavy (non-hydrogen) atoms. The lowest BCUT2D eigenvalue weighted by atomic mass is 9.51. The Morgan fingerprint density at radius 2 is 1.93 bits per heavy atom. The predicted molar refractivity (Wildman–Crippen MR) is 115 cm³/mol. The van der Waals surface area contributed by atoms with Crippen LogP contribution in [0.1, 0.15) is 66.7 Å². The van der Waals surface area contributed by atoms with Crippen molar-refractivity contribution in [3.05, 3.63) is 46.3 Å². The summed E-state index contributed by atoms with van der Waals surface area (Å²) >= 11 is 0. The van der Waals surface area contributed by atoms with Crippen molar-refractivity contribution >= 4 is 18.0 Å². The summed E-state index contributed by atoms with van der Waals surface area (Å²) in [5.41, 5.74) is 3.78. The van der Waals surface area contributed by atoms with Crippen LogP contribution in [0.15, 0.2) is 46.3 Å². The number of hydrogen-bond donors (Lipinski definition) is 0. The fourth-order valence-electron chi connectivity index (χ4n) is 6.56. The summed E-state index contributed by atoms with van der Waals surface area (Å²) in [6.45, 7) is 10.1. The molecule has 160 valence electrons. The smallest absolute Gasteiger partial charge is 0.313 e. The second kappa shape index (κ2) is 7.18. The van der Waals surface area contributed by atoms with Crippen molar-refractivity contribution in [2.45, 2.75) is 66.7 Å². The minimum absolute atomic E-state index is 0.0252. The number of esters is 1. The number of carbonyl (C=O) groups excluding carboxylic acids is 3. The standard InChI is InChI=1S/C26H32O4/c1-15(2)24(29)30-16(3)21-8-9-22-20-7-6-17-12-19(28)13-18(14-27)26(17,5)23(20)10-11-25(21,22)4/h10,12-15,20,22H,6-9,11H2,1-5H3/t20-,22-,25+,26+/m0/s1. The van der Waals surface area contributed by atoms with Crippen molar-refractivity contribution in [2.24, 2.45) is 28.6 Å². The van der Waals surface area contributed by atoms with Crippen LogP contribution in [-0.2, 0) is 19.1 Å². The molecule has 0 aromatic carbocycles. The van der Waals surface area contributed by atoms with Gasteiger partial charge in [-0.2, -0.15) is 0 Å². The monoisotopic (exact) mass is 408 g/mol. The maximum Gasteiger partial charge on any atom is 0.313 e. The van der Waals surface area contributed by atoms with E-state index in [1.54, 1.807) is 6.08 Å². The first kappa shape index (κ1) is 21.0. The Labute approximate surface area is 179 Å². The largest absolute Gasteiger partial charge is 0.431 e. The van der Waals surface area contributed by atoms with Crippen LogP contribution in [-0.4, -0.2) is 18.0 Å². The number of ketones is 1. The molecule has 4 aliphatic rings. The normalized spacial score (nSPS) is 36.7. The van der Waals surface area contributed by atoms with Gasteiger partial charge in [-0.15, -0.1) is 0 Å². The van der Waals surface area contributed by atoms with E-state index in [1.807, 2.05) is 20.8 Å². The number of rotatable bonds is 3. The number of allylic oxidation sites excluding steroid dienone is 8. The zero-order valence-electron chi connectivity index (χ0n) is 18.7. The Morgan fingerprint density at radius 1 is 1.20 bits per heavy atom. The van der Waals surface area contributed by atoms with Crippen molar-refractivity contribution in [3.63, 3.8) is 0 Å². The Hall–Kier alpha value is -2.23. The molecule has 0 aromatic heterocycles. The fourth-order valence-corrected chi connectivity index (χ4v) is 6.56. The first-order chi connectivity index (χ1) is 14.1. The zero-order valence-corrected chi connectivity index (χ0v) is 18.7. The average molecular weight is 409 g/mol. The SMILES string of the molecule is CC(OC(=O)C(C)C)=C1CC[C@H]2[C@@H]3CCC4=CC(=O)C=C(C=O)[C@]4(C)C3=CC[C@]12C. The third-order valence-corrected chi connectivity index (χ3v) is 8.26. The van der Waals surface area contributed by atoms with Gasteiger partial charge in [0.25, 0.3) is 0 Å². The molecule has 0 radical (unpaired) electrons. The molecule has 2 saturated carbocycles. The summed E-state index contributed by atoms with van der Waals surface area (Å²) in [5, 5.41) is 0. The van der Waals surface area contributed by atoms with Gasteiger partial charge in [0.15, 0.2) is 5.78 Å². The van der Waals surface area contributed by atoms with Crippen LogP contribution < -0.4 is 0 Å². The molecule has 0 N–H and O–H groups in total. The van der Waals surface area contributed by atoms with Crippen LogP contribution in [0.5, 0.6) is 0 Å². The molecule has 0 amide bonds. The van der Waals surface area contributed by atoms with Gasteiger partial charge in [-0.3, -0.25) is 14.4 Å². The summed E-state index contributed by atoms with van der Waals surface area (Å²) in [4.78, 5) is 36.2. The predicted octanol–water partition coefficient (Wildman–Crippen LogP) is 5.26. The van der Waals surface area contributed by atoms with Crippen LogP contribution >= 0.6 is 0 Å². The van der Waals surface area contributed by atoms with E-state index in [0.29, 0.717) is 17.4 Å². The van der Waals surface area contributed by atoms with Crippen LogP contribution in [0.4, 0.5) is 0 Å². The van der Waals surface area contributed by atoms with E-state index in [4.69, 9.17) is 4.74 Å². The average Bonchev–Trinajstić information content (AvgIpc) is 3.05. The van der Waals surface area contributed by atoms with Gasteiger partial charge in [0.05, 0.1) is 5.92 Å². The molecular weight excluding hydrogens is 376 g/mol. The van der Waals surface area contributed by atoms with Gasteiger partial charge >= 0.3 is 5.97 Å². The lowest BCUT2D eigenvalue weighted by molar-refractivity contribution is -0.143. The van der Waals surface area contributed by atoms with E-state index in [9.17, 15) is 14.4 Å². The Kier molecular flexibility index (Phi) is 5.03. The van der Waals surface area contributed by atoms with Gasteiger partial charge in [-0.25, -0.2) is 0 Å². The molecule has 0 aromatic rings. The number of ether oxygens (including phenoxy) is 1. The van der Waals surface area contributed by atoms with Crippen molar-refractivity contribution in [1.82, 2.24) is 0 Å². The van der Waals surface area contributed by atoms with Gasteiger partial charge in [0.2, 0.25) is 0 Å². The topological polar surface area (TPSA) is 60.4 Å². The molecule has 4 atom stereocenters. The van der Waals surface area contributed by atoms with E-state index in [2.05, 4.69) is 19.9 Å². The maximum absolute atomic E-state index is 12.2. The molecule has 4 rings (SSSR count). The molecule has 4 aliphatic carbocycles. The van der Waals surface area contributed by atoms with Crippen molar-refractivity contribution < 1.29 is 19.1 Å². The van der Waals surface area contributed by atoms with Crippen LogP contribution in [0.25, 0.3) is 0 Å². The van der Waals surface area contributed by atoms with Crippen LogP contribution in [0.2, 0.25) is 0 Å². The van der Waals surface area contributed by atoms with Crippen LogP contribution in [0, 0.1) is 28.6 Å². The molecular formula is C26H32O4. The summed E-state index contributed by atoms with van der Waals surface area (Å²) in [6.07, 6.45) is 11.2. The minimum atomic E-state index is -0.453. The lowest BCUT2D eigenvalue weighted by Gasteiger charge is -2.52. The molecule has 0 bridgehead atoms. The first-order valence-corrected chi connectivity index (χ1v) is 11.2. The maximum atomic E-state index is 12.2. The molecule has 0 spiro atoms. The highest BCUT2D eigenvalue weighted by atomic mass is 16.5. The van der Waals surface area contributed by atoms with E-state index >= 15 is 0 Å². The van der Waals surface area contributed by atoms with E-state index < -0.39 is 5.41 Å². The lowest BCUT2D eigenvalue weighted by Crippen LogP contribution is -2.44. The Bertz CT molecular complexity index is 944. The summed E-state index contributed by atoms with van der Waals surface area (Å²) < 4.78 is 5.72.